The standard InChI is InChI=1S/C44H26N4/c45-27-29-20-23-31(24-21-29)47-43-25-22-30(28-46)26-39(43)38-16-9-15-37(44(38)47)33-11-2-1-10-32(33)34-12-3-6-17-40(34)48-41-18-7-4-13-35(41)36-14-5-8-19-42(36)48/h1-26H. The van der Waals surface area contributed by atoms with Crippen molar-refractivity contribution >= 4 is 43.6 Å². The average molecular weight is 611 g/mol. The van der Waals surface area contributed by atoms with E-state index >= 15 is 0 Å². The lowest BCUT2D eigenvalue weighted by Crippen LogP contribution is -1.99. The second-order valence-electron chi connectivity index (χ2n) is 12.0. The molecule has 0 radical (unpaired) electrons. The van der Waals surface area contributed by atoms with Crippen molar-refractivity contribution in [2.24, 2.45) is 0 Å². The summed E-state index contributed by atoms with van der Waals surface area (Å²) < 4.78 is 4.65. The molecule has 2 aromatic heterocycles. The normalized spacial score (nSPS) is 11.3. The Hall–Kier alpha value is -6.88. The van der Waals surface area contributed by atoms with Crippen LogP contribution in [0.25, 0.3) is 77.2 Å². The molecular weight excluding hydrogens is 585 g/mol. The molecule has 0 spiro atoms. The fourth-order valence-corrected chi connectivity index (χ4v) is 7.34. The number of fused-ring (bicyclic) bond motifs is 6. The second-order valence-corrected chi connectivity index (χ2v) is 12.0. The molecule has 9 rings (SSSR count). The SMILES string of the molecule is N#Cc1ccc(-n2c3ccc(C#N)cc3c3cccc(-c4ccccc4-c4ccccc4-n4c5ccccc5c5ccccc54)c32)cc1. The molecule has 0 aliphatic heterocycles. The number of hydrogen-bond donors (Lipinski definition) is 0. The Kier molecular flexibility index (Phi) is 6.22. The molecule has 0 bridgehead atoms. The summed E-state index contributed by atoms with van der Waals surface area (Å²) >= 11 is 0. The molecule has 0 saturated carbocycles. The minimum Gasteiger partial charge on any atom is -0.309 e. The van der Waals surface area contributed by atoms with Gasteiger partial charge in [-0.2, -0.15) is 10.5 Å². The quantitative estimate of drug-likeness (QED) is 0.199. The van der Waals surface area contributed by atoms with Crippen LogP contribution in [-0.4, -0.2) is 9.13 Å². The van der Waals surface area contributed by atoms with Crippen molar-refractivity contribution < 1.29 is 0 Å². The molecule has 0 N–H and O–H groups in total. The predicted molar refractivity (Wildman–Crippen MR) is 195 cm³/mol. The van der Waals surface area contributed by atoms with Crippen LogP contribution < -0.4 is 0 Å². The minimum absolute atomic E-state index is 0.610. The van der Waals surface area contributed by atoms with Gasteiger partial charge in [-0.15, -0.1) is 0 Å². The van der Waals surface area contributed by atoms with E-state index in [1.54, 1.807) is 0 Å². The molecule has 0 fully saturated rings. The average Bonchev–Trinajstić information content (AvgIpc) is 3.67. The molecule has 0 saturated heterocycles. The smallest absolute Gasteiger partial charge is 0.0991 e. The first-order valence-electron chi connectivity index (χ1n) is 15.9. The van der Waals surface area contributed by atoms with Crippen LogP contribution in [0.4, 0.5) is 0 Å². The van der Waals surface area contributed by atoms with Gasteiger partial charge in [-0.05, 0) is 71.8 Å². The fraction of sp³-hybridized carbons (Fsp3) is 0. The van der Waals surface area contributed by atoms with Crippen LogP contribution in [0, 0.1) is 22.7 Å². The van der Waals surface area contributed by atoms with Crippen LogP contribution in [-0.2, 0) is 0 Å². The van der Waals surface area contributed by atoms with Crippen molar-refractivity contribution in [2.45, 2.75) is 0 Å². The number of para-hydroxylation sites is 4. The van der Waals surface area contributed by atoms with Crippen LogP contribution in [0.1, 0.15) is 11.1 Å². The third-order valence-electron chi connectivity index (χ3n) is 9.40. The summed E-state index contributed by atoms with van der Waals surface area (Å²) in [4.78, 5) is 0. The topological polar surface area (TPSA) is 57.4 Å². The highest BCUT2D eigenvalue weighted by Crippen LogP contribution is 2.43. The molecule has 0 aliphatic carbocycles. The lowest BCUT2D eigenvalue weighted by Gasteiger charge is -2.18. The highest BCUT2D eigenvalue weighted by molar-refractivity contribution is 6.15. The van der Waals surface area contributed by atoms with E-state index in [4.69, 9.17) is 0 Å². The van der Waals surface area contributed by atoms with Gasteiger partial charge in [-0.1, -0.05) is 97.1 Å². The van der Waals surface area contributed by atoms with Crippen LogP contribution in [0.3, 0.4) is 0 Å². The zero-order chi connectivity index (χ0) is 32.2. The first-order chi connectivity index (χ1) is 23.7. The van der Waals surface area contributed by atoms with Gasteiger partial charge in [0.15, 0.2) is 0 Å². The van der Waals surface area contributed by atoms with Gasteiger partial charge < -0.3 is 9.13 Å². The highest BCUT2D eigenvalue weighted by atomic mass is 15.0. The van der Waals surface area contributed by atoms with Gasteiger partial charge in [-0.25, -0.2) is 0 Å². The molecule has 0 amide bonds. The van der Waals surface area contributed by atoms with Gasteiger partial charge in [0.25, 0.3) is 0 Å². The molecule has 4 nitrogen and oxygen atoms in total. The number of benzene rings is 7. The molecule has 0 atom stereocenters. The van der Waals surface area contributed by atoms with Crippen LogP contribution >= 0.6 is 0 Å². The summed E-state index contributed by atoms with van der Waals surface area (Å²) in [6.45, 7) is 0. The summed E-state index contributed by atoms with van der Waals surface area (Å²) in [6, 6.07) is 59.1. The van der Waals surface area contributed by atoms with Crippen molar-refractivity contribution in [2.75, 3.05) is 0 Å². The zero-order valence-electron chi connectivity index (χ0n) is 25.8. The Morgan fingerprint density at radius 1 is 0.375 bits per heavy atom. The maximum Gasteiger partial charge on any atom is 0.0991 e. The van der Waals surface area contributed by atoms with Crippen molar-refractivity contribution in [3.05, 3.63) is 169 Å². The van der Waals surface area contributed by atoms with E-state index in [9.17, 15) is 10.5 Å². The fourth-order valence-electron chi connectivity index (χ4n) is 7.34. The van der Waals surface area contributed by atoms with Gasteiger partial charge in [0.2, 0.25) is 0 Å². The lowest BCUT2D eigenvalue weighted by molar-refractivity contribution is 1.18. The van der Waals surface area contributed by atoms with E-state index in [2.05, 4.69) is 137 Å². The first-order valence-corrected chi connectivity index (χ1v) is 15.9. The zero-order valence-corrected chi connectivity index (χ0v) is 25.8. The van der Waals surface area contributed by atoms with E-state index in [-0.39, 0.29) is 0 Å². The molecule has 7 aromatic carbocycles. The Morgan fingerprint density at radius 3 is 1.58 bits per heavy atom. The van der Waals surface area contributed by atoms with E-state index < -0.39 is 0 Å². The van der Waals surface area contributed by atoms with Gasteiger partial charge in [-0.3, -0.25) is 0 Å². The van der Waals surface area contributed by atoms with Gasteiger partial charge in [0.1, 0.15) is 0 Å². The number of hydrogen-bond acceptors (Lipinski definition) is 2. The number of rotatable bonds is 4. The summed E-state index contributed by atoms with van der Waals surface area (Å²) in [7, 11) is 0. The highest BCUT2D eigenvalue weighted by Gasteiger charge is 2.21. The van der Waals surface area contributed by atoms with Crippen LogP contribution in [0.15, 0.2) is 158 Å². The van der Waals surface area contributed by atoms with Crippen molar-refractivity contribution in [3.63, 3.8) is 0 Å². The van der Waals surface area contributed by atoms with Crippen LogP contribution in [0.2, 0.25) is 0 Å². The number of nitriles is 2. The maximum absolute atomic E-state index is 9.79. The summed E-state index contributed by atoms with van der Waals surface area (Å²) in [5.41, 5.74) is 12.1. The summed E-state index contributed by atoms with van der Waals surface area (Å²) in [5.74, 6) is 0. The Bertz CT molecular complexity index is 2750. The Balaban J connectivity index is 1.35. The lowest BCUT2D eigenvalue weighted by atomic mass is 9.92. The van der Waals surface area contributed by atoms with Gasteiger partial charge in [0.05, 0.1) is 51.0 Å². The van der Waals surface area contributed by atoms with Crippen LogP contribution in [0.5, 0.6) is 0 Å². The Morgan fingerprint density at radius 2 is 0.896 bits per heavy atom. The van der Waals surface area contributed by atoms with Gasteiger partial charge in [0, 0.05) is 38.4 Å². The monoisotopic (exact) mass is 610 g/mol. The first kappa shape index (κ1) is 27.4. The number of nitrogens with zero attached hydrogens (tertiary/aromatic N) is 4. The maximum atomic E-state index is 9.79. The van der Waals surface area contributed by atoms with Crippen molar-refractivity contribution in [3.8, 4) is 45.8 Å². The molecule has 0 unspecified atom stereocenters. The largest absolute Gasteiger partial charge is 0.309 e. The van der Waals surface area contributed by atoms with E-state index in [1.165, 1.54) is 21.8 Å². The summed E-state index contributed by atoms with van der Waals surface area (Å²) in [6.07, 6.45) is 0. The van der Waals surface area contributed by atoms with Crippen molar-refractivity contribution in [1.29, 1.82) is 10.5 Å². The molecule has 2 heterocycles. The van der Waals surface area contributed by atoms with E-state index in [0.717, 1.165) is 55.4 Å². The molecule has 0 aliphatic rings. The molecule has 48 heavy (non-hydrogen) atoms. The summed E-state index contributed by atoms with van der Waals surface area (Å²) in [5, 5.41) is 23.8. The molecule has 222 valence electrons. The predicted octanol–water partition coefficient (Wildman–Crippen LogP) is 11.0. The molecule has 9 aromatic rings. The van der Waals surface area contributed by atoms with E-state index in [0.29, 0.717) is 11.1 Å². The minimum atomic E-state index is 0.610. The second kappa shape index (κ2) is 10.9. The van der Waals surface area contributed by atoms with E-state index in [1.807, 2.05) is 42.5 Å². The van der Waals surface area contributed by atoms with Crippen molar-refractivity contribution in [1.82, 2.24) is 9.13 Å². The Labute approximate surface area is 277 Å². The third kappa shape index (κ3) is 4.07. The molecular formula is C44H26N4. The number of aromatic nitrogens is 2. The third-order valence-corrected chi connectivity index (χ3v) is 9.40. The van der Waals surface area contributed by atoms with Gasteiger partial charge >= 0.3 is 0 Å². The molecule has 4 heteroatoms.